The van der Waals surface area contributed by atoms with Crippen molar-refractivity contribution in [1.82, 2.24) is 4.72 Å². The van der Waals surface area contributed by atoms with E-state index in [9.17, 15) is 18.0 Å². The number of carbonyl (C=O) groups excluding carboxylic acids is 2. The van der Waals surface area contributed by atoms with Crippen molar-refractivity contribution in [1.29, 1.82) is 0 Å². The molecule has 2 aromatic carbocycles. The van der Waals surface area contributed by atoms with Gasteiger partial charge < -0.3 is 10.1 Å². The third-order valence-electron chi connectivity index (χ3n) is 3.84. The Kier molecular flexibility index (Phi) is 6.70. The van der Waals surface area contributed by atoms with E-state index in [0.29, 0.717) is 5.69 Å². The fourth-order valence-electron chi connectivity index (χ4n) is 2.42. The lowest BCUT2D eigenvalue weighted by molar-refractivity contribution is -0.119. The summed E-state index contributed by atoms with van der Waals surface area (Å²) >= 11 is 0. The van der Waals surface area contributed by atoms with Crippen molar-refractivity contribution in [3.8, 4) is 0 Å². The lowest BCUT2D eigenvalue weighted by atomic mass is 10.0. The van der Waals surface area contributed by atoms with Gasteiger partial charge >= 0.3 is 5.97 Å². The van der Waals surface area contributed by atoms with Crippen molar-refractivity contribution in [3.05, 3.63) is 59.7 Å². The summed E-state index contributed by atoms with van der Waals surface area (Å²) in [5, 5.41) is 2.72. The summed E-state index contributed by atoms with van der Waals surface area (Å²) in [5.41, 5.74) is 1.68. The second-order valence-electron chi connectivity index (χ2n) is 6.10. The van der Waals surface area contributed by atoms with Crippen LogP contribution in [0.3, 0.4) is 0 Å². The number of sulfonamides is 1. The molecule has 2 aromatic rings. The van der Waals surface area contributed by atoms with E-state index in [4.69, 9.17) is 4.74 Å². The molecule has 0 fully saturated rings. The first-order valence-corrected chi connectivity index (χ1v) is 9.82. The van der Waals surface area contributed by atoms with Gasteiger partial charge in [0.25, 0.3) is 5.91 Å². The molecule has 0 unspecified atom stereocenters. The largest absolute Gasteiger partial charge is 0.452 e. The minimum atomic E-state index is -3.68. The van der Waals surface area contributed by atoms with E-state index in [1.165, 1.54) is 31.3 Å². The Balaban J connectivity index is 2.02. The van der Waals surface area contributed by atoms with Crippen LogP contribution in [0.15, 0.2) is 53.4 Å². The van der Waals surface area contributed by atoms with Gasteiger partial charge in [-0.15, -0.1) is 0 Å². The summed E-state index contributed by atoms with van der Waals surface area (Å²) in [6.45, 7) is 3.54. The number of benzene rings is 2. The van der Waals surface area contributed by atoms with E-state index in [0.717, 1.165) is 5.56 Å². The Morgan fingerprint density at radius 2 is 1.78 bits per heavy atom. The molecule has 0 heterocycles. The van der Waals surface area contributed by atoms with Gasteiger partial charge in [0.15, 0.2) is 6.61 Å². The van der Waals surface area contributed by atoms with Gasteiger partial charge in [0.1, 0.15) is 0 Å². The third kappa shape index (κ3) is 5.38. The first kappa shape index (κ1) is 20.6. The third-order valence-corrected chi connectivity index (χ3v) is 5.25. The van der Waals surface area contributed by atoms with Gasteiger partial charge in [-0.05, 0) is 42.8 Å². The van der Waals surface area contributed by atoms with E-state index in [-0.39, 0.29) is 16.4 Å². The molecule has 0 radical (unpaired) electrons. The van der Waals surface area contributed by atoms with Crippen molar-refractivity contribution < 1.29 is 22.7 Å². The van der Waals surface area contributed by atoms with E-state index in [1.807, 2.05) is 26.0 Å². The van der Waals surface area contributed by atoms with Crippen LogP contribution in [0.4, 0.5) is 5.69 Å². The van der Waals surface area contributed by atoms with E-state index >= 15 is 0 Å². The molecule has 0 bridgehead atoms. The predicted octanol–water partition coefficient (Wildman–Crippen LogP) is 2.51. The van der Waals surface area contributed by atoms with E-state index in [1.54, 1.807) is 12.1 Å². The first-order valence-electron chi connectivity index (χ1n) is 8.34. The summed E-state index contributed by atoms with van der Waals surface area (Å²) in [4.78, 5) is 24.2. The molecule has 0 aliphatic rings. The molecule has 0 aromatic heterocycles. The number of rotatable bonds is 7. The normalized spacial score (nSPS) is 11.3. The number of amides is 1. The summed E-state index contributed by atoms with van der Waals surface area (Å²) in [5.74, 6) is -1.04. The Morgan fingerprint density at radius 3 is 2.44 bits per heavy atom. The molecule has 27 heavy (non-hydrogen) atoms. The SMILES string of the molecule is CNS(=O)(=O)c1cccc(C(=O)OCC(=O)Nc2ccccc2C(C)C)c1. The number of ether oxygens (including phenoxy) is 1. The molecular weight excluding hydrogens is 368 g/mol. The second kappa shape index (κ2) is 8.79. The van der Waals surface area contributed by atoms with Crippen LogP contribution in [0.5, 0.6) is 0 Å². The average Bonchev–Trinajstić information content (AvgIpc) is 2.66. The Labute approximate surface area is 158 Å². The molecular formula is C19H22N2O5S. The number of anilines is 1. The standard InChI is InChI=1S/C19H22N2O5S/c1-13(2)16-9-4-5-10-17(16)21-18(22)12-26-19(23)14-7-6-8-15(11-14)27(24,25)20-3/h4-11,13,20H,12H2,1-3H3,(H,21,22). The number of hydrogen-bond donors (Lipinski definition) is 2. The number of hydrogen-bond acceptors (Lipinski definition) is 5. The van der Waals surface area contributed by atoms with Gasteiger partial charge in [-0.3, -0.25) is 4.79 Å². The lowest BCUT2D eigenvalue weighted by Crippen LogP contribution is -2.22. The molecule has 0 aliphatic heterocycles. The minimum Gasteiger partial charge on any atom is -0.452 e. The highest BCUT2D eigenvalue weighted by molar-refractivity contribution is 7.89. The zero-order chi connectivity index (χ0) is 20.0. The van der Waals surface area contributed by atoms with Crippen LogP contribution in [0.1, 0.15) is 35.7 Å². The molecule has 144 valence electrons. The number of para-hydroxylation sites is 1. The molecule has 0 saturated carbocycles. The van der Waals surface area contributed by atoms with Crippen molar-refractivity contribution in [2.24, 2.45) is 0 Å². The Morgan fingerprint density at radius 1 is 1.07 bits per heavy atom. The quantitative estimate of drug-likeness (QED) is 0.708. The van der Waals surface area contributed by atoms with Crippen LogP contribution >= 0.6 is 0 Å². The number of esters is 1. The highest BCUT2D eigenvalue weighted by Gasteiger charge is 2.16. The molecule has 0 aliphatic carbocycles. The van der Waals surface area contributed by atoms with Gasteiger partial charge in [-0.2, -0.15) is 0 Å². The van der Waals surface area contributed by atoms with Crippen molar-refractivity contribution in [2.45, 2.75) is 24.7 Å². The monoisotopic (exact) mass is 390 g/mol. The van der Waals surface area contributed by atoms with Crippen LogP contribution in [-0.2, 0) is 19.6 Å². The van der Waals surface area contributed by atoms with Crippen molar-refractivity contribution >= 4 is 27.6 Å². The second-order valence-corrected chi connectivity index (χ2v) is 7.99. The van der Waals surface area contributed by atoms with Gasteiger partial charge in [0, 0.05) is 5.69 Å². The average molecular weight is 390 g/mol. The van der Waals surface area contributed by atoms with Crippen LogP contribution in [-0.4, -0.2) is 33.9 Å². The molecule has 0 atom stereocenters. The zero-order valence-electron chi connectivity index (χ0n) is 15.4. The highest BCUT2D eigenvalue weighted by Crippen LogP contribution is 2.23. The highest BCUT2D eigenvalue weighted by atomic mass is 32.2. The van der Waals surface area contributed by atoms with Gasteiger partial charge in [-0.25, -0.2) is 17.9 Å². The smallest absolute Gasteiger partial charge is 0.338 e. The maximum absolute atomic E-state index is 12.1. The fourth-order valence-corrected chi connectivity index (χ4v) is 3.20. The van der Waals surface area contributed by atoms with Crippen molar-refractivity contribution in [2.75, 3.05) is 19.0 Å². The van der Waals surface area contributed by atoms with Crippen molar-refractivity contribution in [3.63, 3.8) is 0 Å². The maximum atomic E-state index is 12.1. The van der Waals surface area contributed by atoms with Gasteiger partial charge in [-0.1, -0.05) is 38.1 Å². The zero-order valence-corrected chi connectivity index (χ0v) is 16.2. The molecule has 0 spiro atoms. The molecule has 0 saturated heterocycles. The first-order chi connectivity index (χ1) is 12.7. The Hall–Kier alpha value is -2.71. The fraction of sp³-hybridized carbons (Fsp3) is 0.263. The summed E-state index contributed by atoms with van der Waals surface area (Å²) in [7, 11) is -2.40. The minimum absolute atomic E-state index is 0.0432. The number of carbonyl (C=O) groups is 2. The lowest BCUT2D eigenvalue weighted by Gasteiger charge is -2.13. The topological polar surface area (TPSA) is 102 Å². The summed E-state index contributed by atoms with van der Waals surface area (Å²) in [6.07, 6.45) is 0. The molecule has 2 rings (SSSR count). The van der Waals surface area contributed by atoms with Crippen LogP contribution in [0.25, 0.3) is 0 Å². The number of nitrogens with one attached hydrogen (secondary N) is 2. The summed E-state index contributed by atoms with van der Waals surface area (Å²) < 4.78 is 30.8. The summed E-state index contributed by atoms with van der Waals surface area (Å²) in [6, 6.07) is 12.8. The molecule has 8 heteroatoms. The van der Waals surface area contributed by atoms with Crippen LogP contribution in [0.2, 0.25) is 0 Å². The maximum Gasteiger partial charge on any atom is 0.338 e. The van der Waals surface area contributed by atoms with Crippen LogP contribution < -0.4 is 10.0 Å². The molecule has 2 N–H and O–H groups in total. The molecule has 7 nitrogen and oxygen atoms in total. The Bertz CT molecular complexity index is 939. The predicted molar refractivity (Wildman–Crippen MR) is 102 cm³/mol. The van der Waals surface area contributed by atoms with Gasteiger partial charge in [0.05, 0.1) is 10.5 Å². The van der Waals surface area contributed by atoms with E-state index < -0.39 is 28.5 Å². The van der Waals surface area contributed by atoms with Crippen LogP contribution in [0, 0.1) is 0 Å². The van der Waals surface area contributed by atoms with E-state index in [2.05, 4.69) is 10.0 Å². The molecule has 1 amide bonds. The van der Waals surface area contributed by atoms with Gasteiger partial charge in [0.2, 0.25) is 10.0 Å².